The Labute approximate surface area is 243 Å². The summed E-state index contributed by atoms with van der Waals surface area (Å²) in [6, 6.07) is 28.5. The second-order valence-corrected chi connectivity index (χ2v) is 11.2. The summed E-state index contributed by atoms with van der Waals surface area (Å²) >= 11 is 0. The van der Waals surface area contributed by atoms with E-state index in [2.05, 4.69) is 78.2 Å². The maximum Gasteiger partial charge on any atom is 0.228 e. The molecule has 0 aliphatic rings. The summed E-state index contributed by atoms with van der Waals surface area (Å²) < 4.78 is 2.26. The zero-order chi connectivity index (χ0) is 28.8. The number of aromatic nitrogens is 2. The molecule has 2 heterocycles. The third-order valence-electron chi connectivity index (χ3n) is 8.13. The summed E-state index contributed by atoms with van der Waals surface area (Å²) in [6.45, 7) is 6.25. The highest BCUT2D eigenvalue weighted by Gasteiger charge is 2.24. The van der Waals surface area contributed by atoms with E-state index in [1.165, 1.54) is 34.1 Å². The van der Waals surface area contributed by atoms with E-state index in [-0.39, 0.29) is 18.4 Å². The Morgan fingerprint density at radius 1 is 0.902 bits per heavy atom. The lowest BCUT2D eigenvalue weighted by atomic mass is 9.90. The number of nitrogens with zero attached hydrogens (tertiary/aromatic N) is 2. The van der Waals surface area contributed by atoms with Crippen LogP contribution in [0.1, 0.15) is 84.6 Å². The monoisotopic (exact) mass is 547 g/mol. The molecule has 0 aliphatic heterocycles. The van der Waals surface area contributed by atoms with Crippen LogP contribution in [0.3, 0.4) is 0 Å². The molecule has 0 saturated heterocycles. The normalized spacial score (nSPS) is 13.0. The largest absolute Gasteiger partial charge is 0.394 e. The molecule has 0 aliphatic carbocycles. The van der Waals surface area contributed by atoms with E-state index in [1.54, 1.807) is 0 Å². The quantitative estimate of drug-likeness (QED) is 0.158. The average Bonchev–Trinajstić information content (AvgIpc) is 3.30. The Kier molecular flexibility index (Phi) is 9.15. The SMILES string of the molecule is CCCCCC[C@H](C(=O)N[C@@H](CO)c1ccccc1)c1ccc(Cc2c3ccccc3n3c(C)cc(C)nc23)cc1. The van der Waals surface area contributed by atoms with Gasteiger partial charge in [-0.2, -0.15) is 0 Å². The van der Waals surface area contributed by atoms with Crippen LogP contribution in [0.15, 0.2) is 84.9 Å². The summed E-state index contributed by atoms with van der Waals surface area (Å²) in [7, 11) is 0. The second-order valence-electron chi connectivity index (χ2n) is 11.2. The van der Waals surface area contributed by atoms with E-state index < -0.39 is 6.04 Å². The molecule has 3 aromatic carbocycles. The van der Waals surface area contributed by atoms with Crippen LogP contribution in [-0.4, -0.2) is 27.0 Å². The van der Waals surface area contributed by atoms with Gasteiger partial charge in [0.15, 0.2) is 0 Å². The first-order valence-electron chi connectivity index (χ1n) is 14.9. The molecule has 0 radical (unpaired) electrons. The number of nitrogens with one attached hydrogen (secondary N) is 1. The maximum atomic E-state index is 13.6. The summed E-state index contributed by atoms with van der Waals surface area (Å²) in [5.41, 5.74) is 8.73. The summed E-state index contributed by atoms with van der Waals surface area (Å²) in [6.07, 6.45) is 5.99. The van der Waals surface area contributed by atoms with E-state index in [4.69, 9.17) is 4.98 Å². The van der Waals surface area contributed by atoms with Crippen molar-refractivity contribution in [1.29, 1.82) is 0 Å². The van der Waals surface area contributed by atoms with Crippen molar-refractivity contribution in [2.24, 2.45) is 0 Å². The van der Waals surface area contributed by atoms with Crippen molar-refractivity contribution >= 4 is 22.5 Å². The van der Waals surface area contributed by atoms with Crippen molar-refractivity contribution < 1.29 is 9.90 Å². The lowest BCUT2D eigenvalue weighted by molar-refractivity contribution is -0.123. The van der Waals surface area contributed by atoms with Gasteiger partial charge in [-0.05, 0) is 49.1 Å². The molecule has 2 aromatic heterocycles. The van der Waals surface area contributed by atoms with Gasteiger partial charge in [0.2, 0.25) is 5.91 Å². The van der Waals surface area contributed by atoms with Crippen LogP contribution in [0, 0.1) is 13.8 Å². The van der Waals surface area contributed by atoms with Crippen LogP contribution in [-0.2, 0) is 11.2 Å². The van der Waals surface area contributed by atoms with Gasteiger partial charge in [-0.25, -0.2) is 4.98 Å². The lowest BCUT2D eigenvalue weighted by Gasteiger charge is -2.22. The maximum absolute atomic E-state index is 13.6. The van der Waals surface area contributed by atoms with Gasteiger partial charge in [-0.15, -0.1) is 0 Å². The molecule has 2 N–H and O–H groups in total. The molecule has 5 rings (SSSR count). The standard InChI is InChI=1S/C36H41N3O2/c1-4-5-6-10-15-30(36(41)38-33(24-40)29-13-8-7-9-14-29)28-20-18-27(19-21-28)23-32-31-16-11-12-17-34(31)39-26(3)22-25(2)37-35(32)39/h7-9,11-14,16-22,30,33,40H,4-6,10,15,23-24H2,1-3H3,(H,38,41)/t30-,33-/m0/s1. The molecule has 5 nitrogen and oxygen atoms in total. The Morgan fingerprint density at radius 2 is 1.63 bits per heavy atom. The number of carbonyl (C=O) groups is 1. The molecule has 5 heteroatoms. The van der Waals surface area contributed by atoms with E-state index in [9.17, 15) is 9.90 Å². The minimum absolute atomic E-state index is 0.0308. The van der Waals surface area contributed by atoms with Gasteiger partial charge in [0, 0.05) is 28.8 Å². The molecule has 0 saturated carbocycles. The summed E-state index contributed by atoms with van der Waals surface area (Å²) in [5.74, 6) is -0.293. The van der Waals surface area contributed by atoms with Crippen LogP contribution >= 0.6 is 0 Å². The topological polar surface area (TPSA) is 66.6 Å². The minimum Gasteiger partial charge on any atom is -0.394 e. The number of unbranched alkanes of at least 4 members (excludes halogenated alkanes) is 3. The van der Waals surface area contributed by atoms with Gasteiger partial charge < -0.3 is 10.4 Å². The Bertz CT molecular complexity index is 1610. The highest BCUT2D eigenvalue weighted by Crippen LogP contribution is 2.31. The first-order valence-corrected chi connectivity index (χ1v) is 14.9. The predicted octanol–water partition coefficient (Wildman–Crippen LogP) is 7.60. The van der Waals surface area contributed by atoms with Crippen LogP contribution in [0.4, 0.5) is 0 Å². The van der Waals surface area contributed by atoms with Gasteiger partial charge in [0.05, 0.1) is 24.1 Å². The summed E-state index contributed by atoms with van der Waals surface area (Å²) in [5, 5.41) is 14.4. The summed E-state index contributed by atoms with van der Waals surface area (Å²) in [4.78, 5) is 18.6. The number of fused-ring (bicyclic) bond motifs is 3. The highest BCUT2D eigenvalue weighted by atomic mass is 16.3. The van der Waals surface area contributed by atoms with Crippen molar-refractivity contribution in [1.82, 2.24) is 14.7 Å². The average molecular weight is 548 g/mol. The van der Waals surface area contributed by atoms with E-state index in [0.717, 1.165) is 54.6 Å². The number of rotatable bonds is 12. The molecule has 41 heavy (non-hydrogen) atoms. The van der Waals surface area contributed by atoms with E-state index in [1.807, 2.05) is 37.3 Å². The van der Waals surface area contributed by atoms with Crippen LogP contribution in [0.25, 0.3) is 16.6 Å². The van der Waals surface area contributed by atoms with Crippen molar-refractivity contribution in [2.45, 2.75) is 71.3 Å². The number of amides is 1. The van der Waals surface area contributed by atoms with Crippen LogP contribution in [0.5, 0.6) is 0 Å². The molecule has 2 atom stereocenters. The molecule has 1 amide bonds. The molecule has 0 spiro atoms. The number of hydrogen-bond acceptors (Lipinski definition) is 3. The van der Waals surface area contributed by atoms with Crippen LogP contribution < -0.4 is 5.32 Å². The lowest BCUT2D eigenvalue weighted by Crippen LogP contribution is -2.34. The molecule has 0 unspecified atom stereocenters. The molecular formula is C36H41N3O2. The van der Waals surface area contributed by atoms with Gasteiger partial charge in [0.25, 0.3) is 0 Å². The van der Waals surface area contributed by atoms with Crippen molar-refractivity contribution in [3.63, 3.8) is 0 Å². The fourth-order valence-corrected chi connectivity index (χ4v) is 6.00. The third kappa shape index (κ3) is 6.36. The molecule has 0 fully saturated rings. The molecule has 212 valence electrons. The fraction of sp³-hybridized carbons (Fsp3) is 0.333. The number of hydrogen-bond donors (Lipinski definition) is 2. The van der Waals surface area contributed by atoms with Gasteiger partial charge in [0.1, 0.15) is 5.65 Å². The number of para-hydroxylation sites is 1. The second kappa shape index (κ2) is 13.1. The number of carbonyl (C=O) groups excluding carboxylic acids is 1. The molecule has 0 bridgehead atoms. The molecular weight excluding hydrogens is 506 g/mol. The van der Waals surface area contributed by atoms with E-state index in [0.29, 0.717) is 0 Å². The number of aryl methyl sites for hydroxylation is 2. The minimum atomic E-state index is -0.420. The van der Waals surface area contributed by atoms with Gasteiger partial charge in [-0.3, -0.25) is 9.20 Å². The smallest absolute Gasteiger partial charge is 0.228 e. The number of aliphatic hydroxyl groups is 1. The van der Waals surface area contributed by atoms with E-state index >= 15 is 0 Å². The zero-order valence-electron chi connectivity index (χ0n) is 24.4. The Morgan fingerprint density at radius 3 is 2.37 bits per heavy atom. The third-order valence-corrected chi connectivity index (χ3v) is 8.13. The number of benzene rings is 3. The predicted molar refractivity (Wildman–Crippen MR) is 167 cm³/mol. The van der Waals surface area contributed by atoms with Gasteiger partial charge in [-0.1, -0.05) is 105 Å². The highest BCUT2D eigenvalue weighted by molar-refractivity contribution is 5.91. The van der Waals surface area contributed by atoms with Crippen molar-refractivity contribution in [2.75, 3.05) is 6.61 Å². The van der Waals surface area contributed by atoms with Crippen molar-refractivity contribution in [3.05, 3.63) is 119 Å². The first kappa shape index (κ1) is 28.6. The van der Waals surface area contributed by atoms with Gasteiger partial charge >= 0.3 is 0 Å². The fourth-order valence-electron chi connectivity index (χ4n) is 6.00. The van der Waals surface area contributed by atoms with Crippen molar-refractivity contribution in [3.8, 4) is 0 Å². The first-order chi connectivity index (χ1) is 20.0. The Hall–Kier alpha value is -3.96. The zero-order valence-corrected chi connectivity index (χ0v) is 24.4. The molecule has 5 aromatic rings. The van der Waals surface area contributed by atoms with Crippen LogP contribution in [0.2, 0.25) is 0 Å². The number of aliphatic hydroxyl groups excluding tert-OH is 1. The Balaban J connectivity index is 1.41.